The van der Waals surface area contributed by atoms with Gasteiger partial charge >= 0.3 is 0 Å². The van der Waals surface area contributed by atoms with Crippen molar-refractivity contribution in [2.24, 2.45) is 0 Å². The molecule has 1 N–H and O–H groups in total. The Hall–Kier alpha value is -1.59. The molecule has 5 heteroatoms. The summed E-state index contributed by atoms with van der Waals surface area (Å²) in [5.41, 5.74) is 0.537. The second-order valence-corrected chi connectivity index (χ2v) is 4.84. The topological polar surface area (TPSA) is 50.8 Å². The molecule has 0 unspecified atom stereocenters. The molecule has 1 saturated heterocycles. The SMILES string of the molecule is COc1cccc(OC)c1C(=O)CN1CCCNCC1. The van der Waals surface area contributed by atoms with Crippen LogP contribution < -0.4 is 14.8 Å². The predicted molar refractivity (Wildman–Crippen MR) is 77.8 cm³/mol. The zero-order valence-electron chi connectivity index (χ0n) is 12.1. The summed E-state index contributed by atoms with van der Waals surface area (Å²) in [7, 11) is 3.14. The molecule has 0 atom stereocenters. The maximum Gasteiger partial charge on any atom is 0.184 e. The Kier molecular flexibility index (Phi) is 5.38. The fourth-order valence-electron chi connectivity index (χ4n) is 2.47. The number of ketones is 1. The highest BCUT2D eigenvalue weighted by molar-refractivity contribution is 6.02. The van der Waals surface area contributed by atoms with Crippen molar-refractivity contribution in [3.05, 3.63) is 23.8 Å². The highest BCUT2D eigenvalue weighted by atomic mass is 16.5. The lowest BCUT2D eigenvalue weighted by molar-refractivity contribution is 0.0929. The van der Waals surface area contributed by atoms with E-state index in [4.69, 9.17) is 9.47 Å². The van der Waals surface area contributed by atoms with Crippen molar-refractivity contribution in [1.82, 2.24) is 10.2 Å². The minimum Gasteiger partial charge on any atom is -0.496 e. The van der Waals surface area contributed by atoms with Crippen molar-refractivity contribution in [1.29, 1.82) is 0 Å². The van der Waals surface area contributed by atoms with E-state index in [1.807, 2.05) is 6.07 Å². The first-order valence-corrected chi connectivity index (χ1v) is 6.93. The van der Waals surface area contributed by atoms with Crippen molar-refractivity contribution in [3.63, 3.8) is 0 Å². The molecule has 0 spiro atoms. The summed E-state index contributed by atoms with van der Waals surface area (Å²) >= 11 is 0. The zero-order chi connectivity index (χ0) is 14.4. The molecular formula is C15H22N2O3. The Morgan fingerprint density at radius 3 is 2.55 bits per heavy atom. The molecule has 1 fully saturated rings. The number of carbonyl (C=O) groups excluding carboxylic acids is 1. The van der Waals surface area contributed by atoms with Gasteiger partial charge in [0.15, 0.2) is 5.78 Å². The second kappa shape index (κ2) is 7.26. The Morgan fingerprint density at radius 2 is 1.90 bits per heavy atom. The Morgan fingerprint density at radius 1 is 1.20 bits per heavy atom. The van der Waals surface area contributed by atoms with E-state index in [-0.39, 0.29) is 5.78 Å². The third-order valence-corrected chi connectivity index (χ3v) is 3.51. The van der Waals surface area contributed by atoms with E-state index >= 15 is 0 Å². The average Bonchev–Trinajstić information content (AvgIpc) is 2.74. The minimum absolute atomic E-state index is 0.0428. The molecule has 20 heavy (non-hydrogen) atoms. The van der Waals surface area contributed by atoms with Crippen LogP contribution in [0.2, 0.25) is 0 Å². The van der Waals surface area contributed by atoms with Gasteiger partial charge in [-0.15, -0.1) is 0 Å². The van der Waals surface area contributed by atoms with Crippen LogP contribution in [0.3, 0.4) is 0 Å². The van der Waals surface area contributed by atoms with E-state index in [9.17, 15) is 4.79 Å². The van der Waals surface area contributed by atoms with E-state index in [1.54, 1.807) is 26.4 Å². The van der Waals surface area contributed by atoms with E-state index < -0.39 is 0 Å². The number of ether oxygens (including phenoxy) is 2. The maximum absolute atomic E-state index is 12.6. The van der Waals surface area contributed by atoms with Crippen LogP contribution in [0.25, 0.3) is 0 Å². The number of Topliss-reactive ketones (excluding diaryl/α,β-unsaturated/α-hetero) is 1. The molecule has 0 bridgehead atoms. The summed E-state index contributed by atoms with van der Waals surface area (Å²) in [6.07, 6.45) is 1.07. The summed E-state index contributed by atoms with van der Waals surface area (Å²) in [4.78, 5) is 14.7. The standard InChI is InChI=1S/C15H22N2O3/c1-19-13-5-3-6-14(20-2)15(13)12(18)11-17-9-4-7-16-8-10-17/h3,5-6,16H,4,7-11H2,1-2H3. The number of benzene rings is 1. The highest BCUT2D eigenvalue weighted by Gasteiger charge is 2.21. The zero-order valence-corrected chi connectivity index (χ0v) is 12.1. The van der Waals surface area contributed by atoms with Crippen LogP contribution in [0.15, 0.2) is 18.2 Å². The van der Waals surface area contributed by atoms with Crippen LogP contribution in [-0.2, 0) is 0 Å². The lowest BCUT2D eigenvalue weighted by Gasteiger charge is -2.20. The van der Waals surface area contributed by atoms with Crippen LogP contribution in [-0.4, -0.2) is 57.6 Å². The summed E-state index contributed by atoms with van der Waals surface area (Å²) in [5.74, 6) is 1.19. The molecule has 2 rings (SSSR count). The summed E-state index contributed by atoms with van der Waals surface area (Å²) < 4.78 is 10.6. The van der Waals surface area contributed by atoms with Crippen molar-refractivity contribution >= 4 is 5.78 Å². The third-order valence-electron chi connectivity index (χ3n) is 3.51. The highest BCUT2D eigenvalue weighted by Crippen LogP contribution is 2.28. The van der Waals surface area contributed by atoms with E-state index in [0.717, 1.165) is 32.6 Å². The average molecular weight is 278 g/mol. The number of hydrogen-bond acceptors (Lipinski definition) is 5. The largest absolute Gasteiger partial charge is 0.496 e. The third kappa shape index (κ3) is 3.49. The lowest BCUT2D eigenvalue weighted by atomic mass is 10.1. The molecule has 110 valence electrons. The molecule has 1 aliphatic heterocycles. The van der Waals surface area contributed by atoms with E-state index in [1.165, 1.54) is 0 Å². The number of hydrogen-bond donors (Lipinski definition) is 1. The lowest BCUT2D eigenvalue weighted by Crippen LogP contribution is -2.33. The molecular weight excluding hydrogens is 256 g/mol. The number of carbonyl (C=O) groups is 1. The quantitative estimate of drug-likeness (QED) is 0.820. The van der Waals surface area contributed by atoms with Gasteiger partial charge < -0.3 is 14.8 Å². The molecule has 1 heterocycles. The van der Waals surface area contributed by atoms with Gasteiger partial charge in [-0.05, 0) is 31.6 Å². The summed E-state index contributed by atoms with van der Waals surface area (Å²) in [6, 6.07) is 5.41. The molecule has 0 radical (unpaired) electrons. The van der Waals surface area contributed by atoms with Crippen LogP contribution >= 0.6 is 0 Å². The number of nitrogens with zero attached hydrogens (tertiary/aromatic N) is 1. The minimum atomic E-state index is 0.0428. The molecule has 1 aliphatic rings. The van der Waals surface area contributed by atoms with E-state index in [2.05, 4.69) is 10.2 Å². The second-order valence-electron chi connectivity index (χ2n) is 4.84. The first kappa shape index (κ1) is 14.8. The van der Waals surface area contributed by atoms with Gasteiger partial charge in [0.2, 0.25) is 0 Å². The number of nitrogens with one attached hydrogen (secondary N) is 1. The van der Waals surface area contributed by atoms with Gasteiger partial charge in [-0.1, -0.05) is 6.07 Å². The molecule has 1 aromatic rings. The summed E-state index contributed by atoms with van der Waals surface area (Å²) in [5, 5.41) is 3.33. The Balaban J connectivity index is 2.15. The Bertz CT molecular complexity index is 432. The molecule has 5 nitrogen and oxygen atoms in total. The number of rotatable bonds is 5. The van der Waals surface area contributed by atoms with Crippen LogP contribution in [0.4, 0.5) is 0 Å². The van der Waals surface area contributed by atoms with Crippen LogP contribution in [0, 0.1) is 0 Å². The molecule has 0 aromatic heterocycles. The monoisotopic (exact) mass is 278 g/mol. The number of methoxy groups -OCH3 is 2. The van der Waals surface area contributed by atoms with Crippen molar-refractivity contribution in [2.45, 2.75) is 6.42 Å². The molecule has 0 saturated carbocycles. The first-order chi connectivity index (χ1) is 9.76. The van der Waals surface area contributed by atoms with Gasteiger partial charge in [0.25, 0.3) is 0 Å². The van der Waals surface area contributed by atoms with Crippen molar-refractivity contribution < 1.29 is 14.3 Å². The van der Waals surface area contributed by atoms with Gasteiger partial charge in [0.05, 0.1) is 20.8 Å². The Labute approximate surface area is 119 Å². The molecule has 1 aromatic carbocycles. The van der Waals surface area contributed by atoms with Crippen molar-refractivity contribution in [3.8, 4) is 11.5 Å². The van der Waals surface area contributed by atoms with Gasteiger partial charge in [-0.2, -0.15) is 0 Å². The van der Waals surface area contributed by atoms with Crippen LogP contribution in [0.5, 0.6) is 11.5 Å². The smallest absolute Gasteiger partial charge is 0.184 e. The normalized spacial score (nSPS) is 16.5. The van der Waals surface area contributed by atoms with Gasteiger partial charge in [-0.3, -0.25) is 9.69 Å². The fraction of sp³-hybridized carbons (Fsp3) is 0.533. The predicted octanol–water partition coefficient (Wildman–Crippen LogP) is 1.18. The van der Waals surface area contributed by atoms with Gasteiger partial charge in [0.1, 0.15) is 17.1 Å². The molecule has 0 amide bonds. The first-order valence-electron chi connectivity index (χ1n) is 6.93. The fourth-order valence-corrected chi connectivity index (χ4v) is 2.47. The maximum atomic E-state index is 12.6. The van der Waals surface area contributed by atoms with Gasteiger partial charge in [0, 0.05) is 13.1 Å². The van der Waals surface area contributed by atoms with E-state index in [0.29, 0.717) is 23.6 Å². The van der Waals surface area contributed by atoms with Crippen LogP contribution in [0.1, 0.15) is 16.8 Å². The molecule has 0 aliphatic carbocycles. The van der Waals surface area contributed by atoms with Gasteiger partial charge in [-0.25, -0.2) is 0 Å². The van der Waals surface area contributed by atoms with Crippen molar-refractivity contribution in [2.75, 3.05) is 46.9 Å². The summed E-state index contributed by atoms with van der Waals surface area (Å²) in [6.45, 7) is 4.18.